The number of ether oxygens (including phenoxy) is 2. The summed E-state index contributed by atoms with van der Waals surface area (Å²) in [6.07, 6.45) is 0.00913. The van der Waals surface area contributed by atoms with Crippen LogP contribution in [0.5, 0.6) is 5.75 Å². The number of amides is 1. The van der Waals surface area contributed by atoms with Crippen LogP contribution in [0.3, 0.4) is 0 Å². The van der Waals surface area contributed by atoms with E-state index in [0.717, 1.165) is 17.7 Å². The second-order valence-electron chi connectivity index (χ2n) is 6.53. The summed E-state index contributed by atoms with van der Waals surface area (Å²) in [7, 11) is 1.31. The van der Waals surface area contributed by atoms with E-state index in [4.69, 9.17) is 4.74 Å². The molecule has 0 radical (unpaired) electrons. The van der Waals surface area contributed by atoms with Crippen LogP contribution in [0.2, 0.25) is 0 Å². The lowest BCUT2D eigenvalue weighted by atomic mass is 10.0. The maximum atomic E-state index is 12.8. The highest BCUT2D eigenvalue weighted by molar-refractivity contribution is 9.10. The van der Waals surface area contributed by atoms with E-state index in [0.29, 0.717) is 27.9 Å². The molecule has 6 nitrogen and oxygen atoms in total. The lowest BCUT2D eigenvalue weighted by molar-refractivity contribution is -0.116. The molecule has 0 fully saturated rings. The van der Waals surface area contributed by atoms with Gasteiger partial charge < -0.3 is 14.4 Å². The molecule has 0 spiro atoms. The number of esters is 1. The van der Waals surface area contributed by atoms with Crippen LogP contribution in [0.15, 0.2) is 40.9 Å². The highest BCUT2D eigenvalue weighted by atomic mass is 79.9. The second kappa shape index (κ2) is 8.14. The van der Waals surface area contributed by atoms with Gasteiger partial charge in [-0.3, -0.25) is 9.59 Å². The molecule has 146 valence electrons. The minimum absolute atomic E-state index is 0.00483. The van der Waals surface area contributed by atoms with Gasteiger partial charge in [0, 0.05) is 24.7 Å². The van der Waals surface area contributed by atoms with Gasteiger partial charge in [0.15, 0.2) is 6.10 Å². The monoisotopic (exact) mass is 445 g/mol. The fourth-order valence-electron chi connectivity index (χ4n) is 3.20. The lowest BCUT2D eigenvalue weighted by Crippen LogP contribution is -2.26. The summed E-state index contributed by atoms with van der Waals surface area (Å²) >= 11 is 3.36. The van der Waals surface area contributed by atoms with Crippen molar-refractivity contribution < 1.29 is 23.9 Å². The number of rotatable bonds is 5. The van der Waals surface area contributed by atoms with Gasteiger partial charge in [0.1, 0.15) is 5.75 Å². The van der Waals surface area contributed by atoms with Gasteiger partial charge in [0.25, 0.3) is 0 Å². The SMILES string of the molecule is COC(=O)c1ccc(OC(C)C(=O)c2ccc3c(c2)CCN3C(C)=O)c(Br)c1. The zero-order chi connectivity index (χ0) is 20.4. The molecule has 0 saturated heterocycles. The second-order valence-corrected chi connectivity index (χ2v) is 7.38. The smallest absolute Gasteiger partial charge is 0.337 e. The van der Waals surface area contributed by atoms with Crippen LogP contribution in [0.1, 0.15) is 40.1 Å². The first-order chi connectivity index (χ1) is 13.3. The minimum Gasteiger partial charge on any atom is -0.481 e. The Labute approximate surface area is 171 Å². The zero-order valence-corrected chi connectivity index (χ0v) is 17.4. The van der Waals surface area contributed by atoms with Gasteiger partial charge in [-0.05, 0) is 71.2 Å². The Morgan fingerprint density at radius 2 is 1.82 bits per heavy atom. The van der Waals surface area contributed by atoms with Crippen LogP contribution in [0.25, 0.3) is 0 Å². The number of carbonyl (C=O) groups excluding carboxylic acids is 3. The molecule has 1 amide bonds. The number of hydrogen-bond donors (Lipinski definition) is 0. The van der Waals surface area contributed by atoms with E-state index in [-0.39, 0.29) is 11.7 Å². The number of nitrogens with zero attached hydrogens (tertiary/aromatic N) is 1. The van der Waals surface area contributed by atoms with Gasteiger partial charge in [-0.1, -0.05) is 0 Å². The van der Waals surface area contributed by atoms with E-state index in [9.17, 15) is 14.4 Å². The highest BCUT2D eigenvalue weighted by Crippen LogP contribution is 2.31. The Hall–Kier alpha value is -2.67. The molecule has 0 saturated carbocycles. The average molecular weight is 446 g/mol. The number of hydrogen-bond acceptors (Lipinski definition) is 5. The zero-order valence-electron chi connectivity index (χ0n) is 15.8. The van der Waals surface area contributed by atoms with E-state index >= 15 is 0 Å². The van der Waals surface area contributed by atoms with Crippen molar-refractivity contribution in [2.45, 2.75) is 26.4 Å². The van der Waals surface area contributed by atoms with Crippen molar-refractivity contribution in [3.63, 3.8) is 0 Å². The molecule has 3 rings (SSSR count). The molecule has 0 bridgehead atoms. The highest BCUT2D eigenvalue weighted by Gasteiger charge is 2.25. The fraction of sp³-hybridized carbons (Fsp3) is 0.286. The van der Waals surface area contributed by atoms with Crippen molar-refractivity contribution >= 4 is 39.3 Å². The summed E-state index contributed by atoms with van der Waals surface area (Å²) < 4.78 is 11.0. The minimum atomic E-state index is -0.719. The Morgan fingerprint density at radius 3 is 2.46 bits per heavy atom. The van der Waals surface area contributed by atoms with Crippen LogP contribution >= 0.6 is 15.9 Å². The first-order valence-corrected chi connectivity index (χ1v) is 9.61. The topological polar surface area (TPSA) is 72.9 Å². The molecule has 0 N–H and O–H groups in total. The molecule has 1 aliphatic heterocycles. The van der Waals surface area contributed by atoms with Gasteiger partial charge in [0.05, 0.1) is 17.1 Å². The number of methoxy groups -OCH3 is 1. The van der Waals surface area contributed by atoms with Crippen LogP contribution in [-0.4, -0.2) is 37.4 Å². The van der Waals surface area contributed by atoms with Gasteiger partial charge in [-0.15, -0.1) is 0 Å². The molecule has 0 aliphatic carbocycles. The third-order valence-corrected chi connectivity index (χ3v) is 5.29. The molecule has 1 heterocycles. The predicted molar refractivity (Wildman–Crippen MR) is 108 cm³/mol. The quantitative estimate of drug-likeness (QED) is 0.516. The van der Waals surface area contributed by atoms with Crippen LogP contribution < -0.4 is 9.64 Å². The average Bonchev–Trinajstić information content (AvgIpc) is 3.11. The fourth-order valence-corrected chi connectivity index (χ4v) is 3.67. The number of fused-ring (bicyclic) bond motifs is 1. The summed E-state index contributed by atoms with van der Waals surface area (Å²) in [5.74, 6) is -0.158. The molecule has 1 atom stereocenters. The molecule has 2 aromatic carbocycles. The molecule has 28 heavy (non-hydrogen) atoms. The molecule has 2 aromatic rings. The van der Waals surface area contributed by atoms with Crippen molar-refractivity contribution in [3.8, 4) is 5.75 Å². The number of carbonyl (C=O) groups is 3. The summed E-state index contributed by atoms with van der Waals surface area (Å²) in [4.78, 5) is 37.8. The summed E-state index contributed by atoms with van der Waals surface area (Å²) in [6, 6.07) is 10.1. The summed E-state index contributed by atoms with van der Waals surface area (Å²) in [6.45, 7) is 3.85. The van der Waals surface area contributed by atoms with Gasteiger partial charge >= 0.3 is 5.97 Å². The predicted octanol–water partition coefficient (Wildman–Crippen LogP) is 3.79. The first-order valence-electron chi connectivity index (χ1n) is 8.81. The van der Waals surface area contributed by atoms with Crippen molar-refractivity contribution in [1.29, 1.82) is 0 Å². The van der Waals surface area contributed by atoms with Gasteiger partial charge in [-0.25, -0.2) is 4.79 Å². The van der Waals surface area contributed by atoms with E-state index in [1.54, 1.807) is 36.1 Å². The summed E-state index contributed by atoms with van der Waals surface area (Å²) in [5.41, 5.74) is 2.77. The number of Topliss-reactive ketones (excluding diaryl/α,β-unsaturated/α-hetero) is 1. The standard InChI is InChI=1S/C21H20BrNO5/c1-12(28-19-7-5-16(11-17(19)22)21(26)27-3)20(25)15-4-6-18-14(10-15)8-9-23(18)13(2)24/h4-7,10-12H,8-9H2,1-3H3. The molecular formula is C21H20BrNO5. The molecule has 0 aromatic heterocycles. The van der Waals surface area contributed by atoms with Gasteiger partial charge in [-0.2, -0.15) is 0 Å². The van der Waals surface area contributed by atoms with Crippen molar-refractivity contribution in [1.82, 2.24) is 0 Å². The molecule has 7 heteroatoms. The maximum absolute atomic E-state index is 12.8. The van der Waals surface area contributed by atoms with E-state index in [1.807, 2.05) is 12.1 Å². The van der Waals surface area contributed by atoms with E-state index in [1.165, 1.54) is 14.0 Å². The molecule has 1 aliphatic rings. The molecule has 1 unspecified atom stereocenters. The Morgan fingerprint density at radius 1 is 1.11 bits per heavy atom. The van der Waals surface area contributed by atoms with Crippen molar-refractivity contribution in [2.24, 2.45) is 0 Å². The summed E-state index contributed by atoms with van der Waals surface area (Å²) in [5, 5.41) is 0. The van der Waals surface area contributed by atoms with E-state index in [2.05, 4.69) is 20.7 Å². The lowest BCUT2D eigenvalue weighted by Gasteiger charge is -2.17. The van der Waals surface area contributed by atoms with Crippen molar-refractivity contribution in [3.05, 3.63) is 57.6 Å². The van der Waals surface area contributed by atoms with Crippen LogP contribution in [0, 0.1) is 0 Å². The largest absolute Gasteiger partial charge is 0.481 e. The Kier molecular flexibility index (Phi) is 5.84. The van der Waals surface area contributed by atoms with Crippen LogP contribution in [-0.2, 0) is 16.0 Å². The normalized spacial score (nSPS) is 13.6. The number of benzene rings is 2. The van der Waals surface area contributed by atoms with E-state index < -0.39 is 12.1 Å². The Bertz CT molecular complexity index is 956. The maximum Gasteiger partial charge on any atom is 0.337 e. The third-order valence-electron chi connectivity index (χ3n) is 4.67. The Balaban J connectivity index is 1.75. The van der Waals surface area contributed by atoms with Crippen LogP contribution in [0.4, 0.5) is 5.69 Å². The number of anilines is 1. The van der Waals surface area contributed by atoms with Gasteiger partial charge in [0.2, 0.25) is 11.7 Å². The van der Waals surface area contributed by atoms with Crippen molar-refractivity contribution in [2.75, 3.05) is 18.6 Å². The molecular weight excluding hydrogens is 426 g/mol. The third kappa shape index (κ3) is 3.94. The first kappa shape index (κ1) is 20.1. The number of ketones is 1. The number of halogens is 1.